The number of para-hydroxylation sites is 1. The number of carboxylic acids is 1. The smallest absolute Gasteiger partial charge is 0.418 e. The fraction of sp³-hybridized carbons (Fsp3) is 0.393. The Balaban J connectivity index is 1.60. The van der Waals surface area contributed by atoms with Crippen LogP contribution in [0.4, 0.5) is 17.6 Å². The molecule has 11 heteroatoms. The number of nitrogens with one attached hydrogen (secondary N) is 3. The number of aryl methyl sites for hydroxylation is 1. The fourth-order valence-corrected chi connectivity index (χ4v) is 5.10. The number of amides is 2. The number of aromatic nitrogens is 1. The highest BCUT2D eigenvalue weighted by molar-refractivity contribution is 5.95. The molecule has 208 valence electrons. The first kappa shape index (κ1) is 28.1. The number of alkyl halides is 3. The van der Waals surface area contributed by atoms with Gasteiger partial charge in [-0.1, -0.05) is 50.6 Å². The van der Waals surface area contributed by atoms with Crippen LogP contribution >= 0.6 is 0 Å². The van der Waals surface area contributed by atoms with Gasteiger partial charge in [-0.2, -0.15) is 13.2 Å². The second-order valence-electron chi connectivity index (χ2n) is 10.1. The van der Waals surface area contributed by atoms with Crippen LogP contribution in [0.15, 0.2) is 42.5 Å². The summed E-state index contributed by atoms with van der Waals surface area (Å²) >= 11 is 0. The summed E-state index contributed by atoms with van der Waals surface area (Å²) in [5, 5.41) is 15.7. The third-order valence-electron chi connectivity index (χ3n) is 7.51. The number of carbonyl (C=O) groups excluding carboxylic acids is 2. The zero-order valence-electron chi connectivity index (χ0n) is 21.4. The molecular weight excluding hydrogens is 518 g/mol. The molecule has 39 heavy (non-hydrogen) atoms. The third-order valence-corrected chi connectivity index (χ3v) is 7.51. The van der Waals surface area contributed by atoms with Gasteiger partial charge in [0.25, 0.3) is 0 Å². The van der Waals surface area contributed by atoms with E-state index in [0.29, 0.717) is 17.7 Å². The lowest BCUT2D eigenvalue weighted by molar-refractivity contribution is -0.149. The molecule has 3 atom stereocenters. The largest absolute Gasteiger partial charge is 0.479 e. The zero-order valence-corrected chi connectivity index (χ0v) is 21.4. The summed E-state index contributed by atoms with van der Waals surface area (Å²) in [6, 6.07) is 8.36. The fourth-order valence-electron chi connectivity index (χ4n) is 5.10. The van der Waals surface area contributed by atoms with Crippen LogP contribution in [0, 0.1) is 11.7 Å². The Bertz CT molecular complexity index is 1420. The summed E-state index contributed by atoms with van der Waals surface area (Å²) in [4.78, 5) is 41.5. The van der Waals surface area contributed by atoms with Gasteiger partial charge in [0.1, 0.15) is 17.4 Å². The van der Waals surface area contributed by atoms with Crippen molar-refractivity contribution < 1.29 is 37.1 Å². The number of rotatable bonds is 8. The number of hydrogen-bond acceptors (Lipinski definition) is 3. The predicted molar refractivity (Wildman–Crippen MR) is 135 cm³/mol. The second-order valence-corrected chi connectivity index (χ2v) is 10.1. The first-order chi connectivity index (χ1) is 18.4. The summed E-state index contributed by atoms with van der Waals surface area (Å²) in [6.07, 6.45) is -4.63. The third kappa shape index (κ3) is 5.62. The quantitative estimate of drug-likeness (QED) is 0.311. The van der Waals surface area contributed by atoms with Gasteiger partial charge in [0, 0.05) is 17.5 Å². The molecule has 1 aliphatic carbocycles. The average molecular weight is 548 g/mol. The molecule has 7 nitrogen and oxygen atoms in total. The Hall–Kier alpha value is -3.89. The van der Waals surface area contributed by atoms with E-state index in [1.807, 2.05) is 0 Å². The van der Waals surface area contributed by atoms with Crippen LogP contribution in [0.5, 0.6) is 0 Å². The van der Waals surface area contributed by atoms with Gasteiger partial charge in [0.2, 0.25) is 11.8 Å². The summed E-state index contributed by atoms with van der Waals surface area (Å²) in [6.45, 7) is 3.52. The van der Waals surface area contributed by atoms with E-state index in [0.717, 1.165) is 6.07 Å². The first-order valence-corrected chi connectivity index (χ1v) is 12.6. The molecule has 4 rings (SSSR count). The lowest BCUT2D eigenvalue weighted by atomic mass is 9.79. The number of carboxylic acid groups (broad SMARTS) is 1. The highest BCUT2D eigenvalue weighted by atomic mass is 19.4. The minimum atomic E-state index is -4.60. The van der Waals surface area contributed by atoms with Crippen molar-refractivity contribution in [3.8, 4) is 0 Å². The minimum absolute atomic E-state index is 0.0638. The van der Waals surface area contributed by atoms with E-state index in [1.54, 1.807) is 19.9 Å². The topological polar surface area (TPSA) is 111 Å². The molecule has 4 N–H and O–H groups in total. The molecule has 1 aromatic heterocycles. The molecule has 0 saturated heterocycles. The van der Waals surface area contributed by atoms with Crippen molar-refractivity contribution in [3.05, 3.63) is 70.7 Å². The molecule has 2 amide bonds. The molecule has 2 unspecified atom stereocenters. The van der Waals surface area contributed by atoms with Crippen LogP contribution in [0.25, 0.3) is 10.9 Å². The number of fused-ring (bicyclic) bond motifs is 3. The Morgan fingerprint density at radius 3 is 2.49 bits per heavy atom. The van der Waals surface area contributed by atoms with Crippen LogP contribution in [-0.2, 0) is 39.8 Å². The molecule has 3 aromatic rings. The van der Waals surface area contributed by atoms with Crippen LogP contribution in [-0.4, -0.2) is 39.5 Å². The highest BCUT2D eigenvalue weighted by Crippen LogP contribution is 2.40. The van der Waals surface area contributed by atoms with Gasteiger partial charge in [0.05, 0.1) is 17.5 Å². The van der Waals surface area contributed by atoms with Crippen LogP contribution < -0.4 is 10.6 Å². The summed E-state index contributed by atoms with van der Waals surface area (Å²) in [7, 11) is 0. The number of benzene rings is 2. The molecule has 0 radical (unpaired) electrons. The number of H-pyrrole nitrogens is 1. The molecular formula is C28H29F4N3O4. The van der Waals surface area contributed by atoms with Crippen molar-refractivity contribution in [3.63, 3.8) is 0 Å². The lowest BCUT2D eigenvalue weighted by Crippen LogP contribution is -2.62. The summed E-state index contributed by atoms with van der Waals surface area (Å²) < 4.78 is 54.7. The Morgan fingerprint density at radius 2 is 1.85 bits per heavy atom. The average Bonchev–Trinajstić information content (AvgIpc) is 3.25. The van der Waals surface area contributed by atoms with E-state index in [-0.39, 0.29) is 48.1 Å². The monoisotopic (exact) mass is 547 g/mol. The van der Waals surface area contributed by atoms with E-state index in [9.17, 15) is 37.1 Å². The molecule has 0 saturated carbocycles. The van der Waals surface area contributed by atoms with Crippen molar-refractivity contribution in [1.82, 2.24) is 15.6 Å². The van der Waals surface area contributed by atoms with Gasteiger partial charge in [0.15, 0.2) is 0 Å². The summed E-state index contributed by atoms with van der Waals surface area (Å²) in [5.41, 5.74) is -1.74. The number of aromatic amines is 1. The maximum atomic E-state index is 14.0. The van der Waals surface area contributed by atoms with Crippen LogP contribution in [0.3, 0.4) is 0 Å². The van der Waals surface area contributed by atoms with E-state index in [1.165, 1.54) is 30.3 Å². The van der Waals surface area contributed by atoms with Gasteiger partial charge in [-0.3, -0.25) is 9.59 Å². The molecule has 0 aliphatic heterocycles. The molecule has 0 bridgehead atoms. The molecule has 1 aliphatic rings. The highest BCUT2D eigenvalue weighted by Gasteiger charge is 2.46. The normalized spacial score (nSPS) is 18.7. The standard InChI is InChI=1S/C28H29F4N3O4/c1-3-15(2)23(34-22(36)13-16-7-4-5-10-20(16)29)25(37)35-27(26(38)39)12-11-21-18(14-27)17-8-6-9-19(24(17)33-21)28(30,31)32/h4-10,15,23,33H,3,11-14H2,1-2H3,(H,34,36)(H,35,37)(H,38,39)/t15?,23?,27-/m1/s1. The zero-order chi connectivity index (χ0) is 28.5. The van der Waals surface area contributed by atoms with Gasteiger partial charge in [-0.25, -0.2) is 9.18 Å². The van der Waals surface area contributed by atoms with Gasteiger partial charge in [-0.15, -0.1) is 0 Å². The van der Waals surface area contributed by atoms with Gasteiger partial charge in [-0.05, 0) is 42.0 Å². The second kappa shape index (κ2) is 10.7. The number of halogens is 4. The SMILES string of the molecule is CCC(C)C(NC(=O)Cc1ccccc1F)C(=O)N[C@]1(C(=O)O)CCc2[nH]c3c(C(F)(F)F)cccc3c2C1. The number of hydrogen-bond donors (Lipinski definition) is 4. The van der Waals surface area contributed by atoms with Crippen LogP contribution in [0.1, 0.15) is 49.1 Å². The predicted octanol–water partition coefficient (Wildman–Crippen LogP) is 4.53. The number of carbonyl (C=O) groups is 3. The van der Waals surface area contributed by atoms with Crippen molar-refractivity contribution in [1.29, 1.82) is 0 Å². The van der Waals surface area contributed by atoms with E-state index < -0.39 is 46.9 Å². The summed E-state index contributed by atoms with van der Waals surface area (Å²) in [5.74, 6) is -3.61. The van der Waals surface area contributed by atoms with E-state index >= 15 is 0 Å². The molecule has 0 spiro atoms. The number of aliphatic carboxylic acids is 1. The Morgan fingerprint density at radius 1 is 1.13 bits per heavy atom. The van der Waals surface area contributed by atoms with Crippen molar-refractivity contribution in [2.75, 3.05) is 0 Å². The molecule has 1 heterocycles. The van der Waals surface area contributed by atoms with Crippen molar-refractivity contribution in [2.24, 2.45) is 5.92 Å². The minimum Gasteiger partial charge on any atom is -0.479 e. The maximum Gasteiger partial charge on any atom is 0.418 e. The maximum absolute atomic E-state index is 14.0. The van der Waals surface area contributed by atoms with Crippen molar-refractivity contribution in [2.45, 2.75) is 63.7 Å². The van der Waals surface area contributed by atoms with E-state index in [4.69, 9.17) is 0 Å². The van der Waals surface area contributed by atoms with E-state index in [2.05, 4.69) is 15.6 Å². The Labute approximate surface area is 222 Å². The lowest BCUT2D eigenvalue weighted by Gasteiger charge is -2.36. The first-order valence-electron chi connectivity index (χ1n) is 12.6. The molecule has 2 aromatic carbocycles. The van der Waals surface area contributed by atoms with Crippen molar-refractivity contribution >= 4 is 28.7 Å². The van der Waals surface area contributed by atoms with Gasteiger partial charge >= 0.3 is 12.1 Å². The Kier molecular flexibility index (Phi) is 7.72. The van der Waals surface area contributed by atoms with Gasteiger partial charge < -0.3 is 20.7 Å². The molecule has 0 fully saturated rings. The van der Waals surface area contributed by atoms with Crippen LogP contribution in [0.2, 0.25) is 0 Å².